The van der Waals surface area contributed by atoms with E-state index in [9.17, 15) is 0 Å². The van der Waals surface area contributed by atoms with Crippen molar-refractivity contribution in [3.8, 4) is 0 Å². The van der Waals surface area contributed by atoms with Crippen LogP contribution in [0.15, 0.2) is 45.5 Å². The molecule has 1 heterocycles. The van der Waals surface area contributed by atoms with E-state index in [4.69, 9.17) is 4.84 Å². The smallest absolute Gasteiger partial charge is 0.142 e. The van der Waals surface area contributed by atoms with E-state index in [0.717, 1.165) is 41.3 Å². The van der Waals surface area contributed by atoms with Gasteiger partial charge in [-0.15, -0.1) is 0 Å². The standard InChI is InChI=1S/C20H21N3O/c1-13-8-16-4-3-5-18(17(16)9-14(13)2)23-24-11-15-6-7-19-20(10-15)22-12-21-19/h6-10H,3-5,11-12H2,1-2H3/b23-18+. The van der Waals surface area contributed by atoms with Crippen LogP contribution in [0.25, 0.3) is 0 Å². The third-order valence-corrected chi connectivity index (χ3v) is 4.82. The third-order valence-electron chi connectivity index (χ3n) is 4.82. The zero-order valence-electron chi connectivity index (χ0n) is 14.2. The van der Waals surface area contributed by atoms with Gasteiger partial charge >= 0.3 is 0 Å². The van der Waals surface area contributed by atoms with E-state index in [1.54, 1.807) is 0 Å². The Balaban J connectivity index is 1.53. The number of fused-ring (bicyclic) bond motifs is 2. The molecule has 0 radical (unpaired) electrons. The molecule has 0 saturated heterocycles. The largest absolute Gasteiger partial charge is 0.391 e. The van der Waals surface area contributed by atoms with Crippen LogP contribution in [0.4, 0.5) is 0 Å². The fraction of sp³-hybridized carbons (Fsp3) is 0.350. The van der Waals surface area contributed by atoms with Crippen LogP contribution in [0.2, 0.25) is 0 Å². The van der Waals surface area contributed by atoms with Gasteiger partial charge in [0, 0.05) is 5.56 Å². The number of rotatable bonds is 3. The van der Waals surface area contributed by atoms with E-state index in [2.05, 4.69) is 41.1 Å². The van der Waals surface area contributed by atoms with Crippen LogP contribution in [-0.2, 0) is 17.9 Å². The van der Waals surface area contributed by atoms with Crippen molar-refractivity contribution < 1.29 is 4.84 Å². The van der Waals surface area contributed by atoms with E-state index < -0.39 is 0 Å². The second-order valence-electron chi connectivity index (χ2n) is 6.54. The minimum absolute atomic E-state index is 0.465. The topological polar surface area (TPSA) is 46.3 Å². The highest BCUT2D eigenvalue weighted by Crippen LogP contribution is 2.25. The molecule has 4 heteroatoms. The lowest BCUT2D eigenvalue weighted by molar-refractivity contribution is 0.130. The van der Waals surface area contributed by atoms with Crippen LogP contribution in [0.5, 0.6) is 0 Å². The van der Waals surface area contributed by atoms with E-state index in [0.29, 0.717) is 13.3 Å². The summed E-state index contributed by atoms with van der Waals surface area (Å²) in [5, 5.41) is 6.37. The van der Waals surface area contributed by atoms with Crippen LogP contribution >= 0.6 is 0 Å². The van der Waals surface area contributed by atoms with Crippen molar-refractivity contribution in [3.05, 3.63) is 68.9 Å². The normalized spacial score (nSPS) is 17.0. The molecule has 0 amide bonds. The molecular formula is C20H21N3O. The van der Waals surface area contributed by atoms with Crippen LogP contribution in [0.3, 0.4) is 0 Å². The Morgan fingerprint density at radius 3 is 2.75 bits per heavy atom. The number of hydrogen-bond acceptors (Lipinski definition) is 4. The molecule has 4 nitrogen and oxygen atoms in total. The van der Waals surface area contributed by atoms with Gasteiger partial charge in [0.1, 0.15) is 13.3 Å². The summed E-state index contributed by atoms with van der Waals surface area (Å²) < 4.78 is 0. The second kappa shape index (κ2) is 6.19. The molecule has 0 atom stereocenters. The maximum Gasteiger partial charge on any atom is 0.142 e. The summed E-state index contributed by atoms with van der Waals surface area (Å²) in [4.78, 5) is 14.3. The van der Waals surface area contributed by atoms with Crippen LogP contribution < -0.4 is 10.7 Å². The Hall–Kier alpha value is -2.49. The van der Waals surface area contributed by atoms with E-state index in [-0.39, 0.29) is 0 Å². The quantitative estimate of drug-likeness (QED) is 0.802. The predicted molar refractivity (Wildman–Crippen MR) is 93.8 cm³/mol. The maximum atomic E-state index is 5.66. The highest BCUT2D eigenvalue weighted by atomic mass is 16.6. The van der Waals surface area contributed by atoms with E-state index in [1.807, 2.05) is 18.2 Å². The lowest BCUT2D eigenvalue weighted by Crippen LogP contribution is -2.21. The maximum absolute atomic E-state index is 5.66. The van der Waals surface area contributed by atoms with E-state index in [1.165, 1.54) is 22.3 Å². The summed E-state index contributed by atoms with van der Waals surface area (Å²) in [5.41, 5.74) is 7.46. The van der Waals surface area contributed by atoms with Gasteiger partial charge in [-0.25, -0.2) is 0 Å². The molecule has 0 bridgehead atoms. The van der Waals surface area contributed by atoms with Crippen molar-refractivity contribution in [2.75, 3.05) is 6.67 Å². The van der Waals surface area contributed by atoms with Gasteiger partial charge in [0.15, 0.2) is 0 Å². The van der Waals surface area contributed by atoms with Crippen molar-refractivity contribution in [2.45, 2.75) is 39.7 Å². The Morgan fingerprint density at radius 1 is 1.00 bits per heavy atom. The van der Waals surface area contributed by atoms with Crippen LogP contribution in [-0.4, -0.2) is 12.4 Å². The molecule has 2 aliphatic rings. The van der Waals surface area contributed by atoms with Crippen LogP contribution in [0.1, 0.15) is 40.7 Å². The number of oxime groups is 1. The lowest BCUT2D eigenvalue weighted by atomic mass is 9.87. The molecule has 0 unspecified atom stereocenters. The number of nitrogens with zero attached hydrogens (tertiary/aromatic N) is 3. The van der Waals surface area contributed by atoms with Crippen molar-refractivity contribution >= 4 is 5.71 Å². The van der Waals surface area contributed by atoms with Gasteiger partial charge in [-0.3, -0.25) is 9.98 Å². The molecule has 0 saturated carbocycles. The SMILES string of the molecule is Cc1cc2c(cc1C)/C(=N/OCc1ccc3c(c1)=NCN=3)CCC2. The minimum atomic E-state index is 0.465. The van der Waals surface area contributed by atoms with Gasteiger partial charge in [0.05, 0.1) is 16.4 Å². The predicted octanol–water partition coefficient (Wildman–Crippen LogP) is 2.77. The van der Waals surface area contributed by atoms with Gasteiger partial charge in [-0.2, -0.15) is 0 Å². The first-order chi connectivity index (χ1) is 11.7. The van der Waals surface area contributed by atoms with Crippen molar-refractivity contribution in [3.63, 3.8) is 0 Å². The zero-order valence-corrected chi connectivity index (χ0v) is 14.2. The Labute approximate surface area is 141 Å². The molecular weight excluding hydrogens is 298 g/mol. The summed E-state index contributed by atoms with van der Waals surface area (Å²) in [5.74, 6) is 0. The number of aryl methyl sites for hydroxylation is 3. The Morgan fingerprint density at radius 2 is 1.83 bits per heavy atom. The van der Waals surface area contributed by atoms with Gasteiger partial charge in [-0.1, -0.05) is 17.3 Å². The average molecular weight is 319 g/mol. The monoisotopic (exact) mass is 319 g/mol. The number of hydrogen-bond donors (Lipinski definition) is 0. The zero-order chi connectivity index (χ0) is 16.5. The van der Waals surface area contributed by atoms with E-state index >= 15 is 0 Å². The fourth-order valence-electron chi connectivity index (χ4n) is 3.32. The molecule has 0 aromatic heterocycles. The van der Waals surface area contributed by atoms with Gasteiger partial charge in [0.2, 0.25) is 0 Å². The molecule has 0 N–H and O–H groups in total. The molecule has 122 valence electrons. The molecule has 2 aromatic rings. The lowest BCUT2D eigenvalue weighted by Gasteiger charge is -2.19. The molecule has 4 rings (SSSR count). The van der Waals surface area contributed by atoms with Gasteiger partial charge in [-0.05, 0) is 73.6 Å². The first kappa shape index (κ1) is 15.1. The van der Waals surface area contributed by atoms with Crippen molar-refractivity contribution in [1.82, 2.24) is 0 Å². The summed E-state index contributed by atoms with van der Waals surface area (Å²) in [6.07, 6.45) is 3.25. The number of benzene rings is 2. The highest BCUT2D eigenvalue weighted by molar-refractivity contribution is 6.02. The summed E-state index contributed by atoms with van der Waals surface area (Å²) in [7, 11) is 0. The molecule has 1 aliphatic heterocycles. The second-order valence-corrected chi connectivity index (χ2v) is 6.54. The summed E-state index contributed by atoms with van der Waals surface area (Å²) in [6.45, 7) is 5.33. The molecule has 2 aromatic carbocycles. The summed E-state index contributed by atoms with van der Waals surface area (Å²) >= 11 is 0. The fourth-order valence-corrected chi connectivity index (χ4v) is 3.32. The molecule has 1 aliphatic carbocycles. The Bertz CT molecular complexity index is 944. The van der Waals surface area contributed by atoms with Gasteiger partial charge < -0.3 is 4.84 Å². The Kier molecular flexibility index (Phi) is 3.89. The minimum Gasteiger partial charge on any atom is -0.391 e. The van der Waals surface area contributed by atoms with Crippen molar-refractivity contribution in [2.24, 2.45) is 15.1 Å². The molecule has 24 heavy (non-hydrogen) atoms. The first-order valence-electron chi connectivity index (χ1n) is 8.48. The average Bonchev–Trinajstić information content (AvgIpc) is 3.04. The van der Waals surface area contributed by atoms with Gasteiger partial charge in [0.25, 0.3) is 0 Å². The summed E-state index contributed by atoms with van der Waals surface area (Å²) in [6, 6.07) is 10.6. The highest BCUT2D eigenvalue weighted by Gasteiger charge is 2.17. The third kappa shape index (κ3) is 2.84. The molecule has 0 spiro atoms. The molecule has 0 fully saturated rings. The van der Waals surface area contributed by atoms with Crippen LogP contribution in [0, 0.1) is 13.8 Å². The van der Waals surface area contributed by atoms with Crippen molar-refractivity contribution in [1.29, 1.82) is 0 Å². The first-order valence-corrected chi connectivity index (χ1v) is 8.48.